The monoisotopic (exact) mass is 778 g/mol. The van der Waals surface area contributed by atoms with Crippen molar-refractivity contribution < 1.29 is 8.85 Å². The Morgan fingerprint density at radius 2 is 0.696 bits per heavy atom. The summed E-state index contributed by atoms with van der Waals surface area (Å²) in [6, 6.07) is 20.5. The molecule has 0 spiro atoms. The lowest BCUT2D eigenvalue weighted by molar-refractivity contribution is 0.479. The minimum atomic E-state index is -1.99. The van der Waals surface area contributed by atoms with Gasteiger partial charge in [0.1, 0.15) is 11.5 Å². The molecule has 6 heteroatoms. The zero-order chi connectivity index (χ0) is 34.4. The van der Waals surface area contributed by atoms with Gasteiger partial charge in [-0.15, -0.1) is 0 Å². The van der Waals surface area contributed by atoms with E-state index in [0.717, 1.165) is 42.7 Å². The van der Waals surface area contributed by atoms with Gasteiger partial charge in [-0.05, 0) is 126 Å². The van der Waals surface area contributed by atoms with Crippen LogP contribution in [0.5, 0.6) is 11.5 Å². The smallest absolute Gasteiger partial charge is 0.258 e. The highest BCUT2D eigenvalue weighted by Crippen LogP contribution is 2.44. The summed E-state index contributed by atoms with van der Waals surface area (Å²) in [5.74, 6) is 15.2. The first-order valence-corrected chi connectivity index (χ1v) is 22.5. The van der Waals surface area contributed by atoms with Crippen LogP contribution in [0.3, 0.4) is 0 Å². The van der Waals surface area contributed by atoms with Gasteiger partial charge in [-0.25, -0.2) is 0 Å². The molecule has 2 nitrogen and oxygen atoms in total. The molecule has 3 aromatic rings. The topological polar surface area (TPSA) is 18.5 Å². The summed E-state index contributed by atoms with van der Waals surface area (Å²) in [6.07, 6.45) is 0. The number of halogens is 2. The zero-order valence-corrected chi connectivity index (χ0v) is 35.0. The second kappa shape index (κ2) is 16.3. The van der Waals surface area contributed by atoms with Crippen molar-refractivity contribution in [1.82, 2.24) is 0 Å². The Balaban J connectivity index is 1.77. The van der Waals surface area contributed by atoms with Crippen molar-refractivity contribution in [2.45, 2.75) is 116 Å². The largest absolute Gasteiger partial charge is 0.543 e. The molecule has 0 heterocycles. The second-order valence-electron chi connectivity index (χ2n) is 14.2. The van der Waals surface area contributed by atoms with E-state index in [9.17, 15) is 0 Å². The van der Waals surface area contributed by atoms with E-state index in [2.05, 4.69) is 187 Å². The summed E-state index contributed by atoms with van der Waals surface area (Å²) >= 11 is 7.44. The Morgan fingerprint density at radius 3 is 0.935 bits per heavy atom. The van der Waals surface area contributed by atoms with Crippen molar-refractivity contribution in [2.75, 3.05) is 0 Å². The molecule has 3 rings (SSSR count). The van der Waals surface area contributed by atoms with E-state index in [-0.39, 0.29) is 0 Å². The van der Waals surface area contributed by atoms with E-state index in [0.29, 0.717) is 33.2 Å². The van der Waals surface area contributed by atoms with Gasteiger partial charge >= 0.3 is 0 Å². The maximum absolute atomic E-state index is 6.82. The first kappa shape index (κ1) is 38.2. The van der Waals surface area contributed by atoms with Crippen molar-refractivity contribution in [3.05, 3.63) is 91.9 Å². The van der Waals surface area contributed by atoms with Crippen molar-refractivity contribution in [3.8, 4) is 35.2 Å². The van der Waals surface area contributed by atoms with Gasteiger partial charge in [0.05, 0.1) is 0 Å². The van der Waals surface area contributed by atoms with Crippen molar-refractivity contribution in [3.63, 3.8) is 0 Å². The number of hydrogen-bond acceptors (Lipinski definition) is 2. The molecule has 0 radical (unpaired) electrons. The molecule has 0 N–H and O–H groups in total. The number of hydrogen-bond donors (Lipinski definition) is 0. The van der Waals surface area contributed by atoms with Crippen LogP contribution in [0, 0.1) is 23.7 Å². The molecule has 0 aromatic heterocycles. The van der Waals surface area contributed by atoms with Crippen molar-refractivity contribution in [1.29, 1.82) is 0 Å². The van der Waals surface area contributed by atoms with Gasteiger partial charge in [0.25, 0.3) is 16.6 Å². The summed E-state index contributed by atoms with van der Waals surface area (Å²) in [6.45, 7) is 27.7. The maximum atomic E-state index is 6.82. The van der Waals surface area contributed by atoms with Crippen molar-refractivity contribution >= 4 is 48.5 Å². The van der Waals surface area contributed by atoms with E-state index in [1.54, 1.807) is 0 Å². The first-order chi connectivity index (χ1) is 21.5. The molecule has 246 valence electrons. The molecular formula is C40H52Br2O2Si2. The van der Waals surface area contributed by atoms with Crippen LogP contribution in [0.25, 0.3) is 0 Å². The molecule has 0 atom stereocenters. The van der Waals surface area contributed by atoms with Gasteiger partial charge in [0, 0.05) is 31.2 Å². The molecule has 0 unspecified atom stereocenters. The van der Waals surface area contributed by atoms with E-state index in [4.69, 9.17) is 8.85 Å². The summed E-state index contributed by atoms with van der Waals surface area (Å²) in [7, 11) is -3.98. The van der Waals surface area contributed by atoms with Crippen LogP contribution in [-0.2, 0) is 0 Å². The Bertz CT molecular complexity index is 1420. The highest BCUT2D eigenvalue weighted by atomic mass is 79.9. The molecule has 0 aliphatic carbocycles. The van der Waals surface area contributed by atoms with E-state index in [1.807, 2.05) is 12.1 Å². The third-order valence-corrected chi connectivity index (χ3v) is 22.8. The van der Waals surface area contributed by atoms with Crippen LogP contribution in [-0.4, -0.2) is 16.6 Å². The van der Waals surface area contributed by atoms with Gasteiger partial charge in [-0.1, -0.05) is 107 Å². The third-order valence-electron chi connectivity index (χ3n) is 9.45. The fraction of sp³-hybridized carbons (Fsp3) is 0.450. The molecule has 0 fully saturated rings. The predicted octanol–water partition coefficient (Wildman–Crippen LogP) is 13.1. The van der Waals surface area contributed by atoms with Gasteiger partial charge in [0.2, 0.25) is 0 Å². The lowest BCUT2D eigenvalue weighted by atomic mass is 10.1. The maximum Gasteiger partial charge on any atom is 0.258 e. The first-order valence-electron chi connectivity index (χ1n) is 16.7. The summed E-state index contributed by atoms with van der Waals surface area (Å²) < 4.78 is 15.5. The van der Waals surface area contributed by atoms with Crippen LogP contribution in [0.4, 0.5) is 0 Å². The normalized spacial score (nSPS) is 12.1. The standard InChI is InChI=1S/C40H52Br2O2Si2/c1-27(2)45(28(3)4,29(5)6)43-37-21-15-33(16-22-37)13-19-35-25-40(42)36(26-39(35)41)20-14-34-17-23-38(24-18-34)44-46(30(7)8,31(9)10)32(11)12/h15-18,21-32H,1-12H3. The molecule has 0 amide bonds. The quantitative estimate of drug-likeness (QED) is 0.151. The SMILES string of the molecule is CC(C)[Si](Oc1ccc(C#Cc2cc(Br)c(C#Cc3ccc(O[Si](C(C)C)(C(C)C)C(C)C)cc3)cc2Br)cc1)(C(C)C)C(C)C. The lowest BCUT2D eigenvalue weighted by Gasteiger charge is -2.42. The molecule has 0 saturated heterocycles. The highest BCUT2D eigenvalue weighted by Gasteiger charge is 2.47. The molecule has 0 saturated carbocycles. The molecule has 0 aliphatic rings. The molecule has 3 aromatic carbocycles. The lowest BCUT2D eigenvalue weighted by Crippen LogP contribution is -2.50. The van der Waals surface area contributed by atoms with Gasteiger partial charge in [-0.2, -0.15) is 0 Å². The Hall–Kier alpha value is -2.23. The predicted molar refractivity (Wildman–Crippen MR) is 210 cm³/mol. The van der Waals surface area contributed by atoms with Crippen LogP contribution in [0.15, 0.2) is 69.6 Å². The third kappa shape index (κ3) is 8.62. The average Bonchev–Trinajstić information content (AvgIpc) is 2.98. The molecule has 0 aliphatic heterocycles. The Kier molecular flexibility index (Phi) is 13.5. The van der Waals surface area contributed by atoms with E-state index in [1.165, 1.54) is 0 Å². The fourth-order valence-electron chi connectivity index (χ4n) is 7.35. The van der Waals surface area contributed by atoms with Crippen molar-refractivity contribution in [2.24, 2.45) is 0 Å². The molecule has 0 bridgehead atoms. The van der Waals surface area contributed by atoms with Gasteiger partial charge < -0.3 is 8.85 Å². The minimum absolute atomic E-state index is 0.529. The van der Waals surface area contributed by atoms with Gasteiger partial charge in [-0.3, -0.25) is 0 Å². The van der Waals surface area contributed by atoms with Crippen LogP contribution in [0.2, 0.25) is 33.2 Å². The summed E-state index contributed by atoms with van der Waals surface area (Å²) in [4.78, 5) is 0. The number of rotatable bonds is 10. The number of benzene rings is 3. The Labute approximate surface area is 299 Å². The minimum Gasteiger partial charge on any atom is -0.543 e. The zero-order valence-electron chi connectivity index (χ0n) is 29.8. The molecular weight excluding hydrogens is 728 g/mol. The fourth-order valence-corrected chi connectivity index (χ4v) is 18.7. The van der Waals surface area contributed by atoms with Crippen LogP contribution >= 0.6 is 31.9 Å². The van der Waals surface area contributed by atoms with E-state index < -0.39 is 16.6 Å². The molecule has 46 heavy (non-hydrogen) atoms. The average molecular weight is 781 g/mol. The van der Waals surface area contributed by atoms with Gasteiger partial charge in [0.15, 0.2) is 0 Å². The summed E-state index contributed by atoms with van der Waals surface area (Å²) in [5.41, 5.74) is 6.88. The van der Waals surface area contributed by atoms with Crippen LogP contribution in [0.1, 0.15) is 105 Å². The second-order valence-corrected chi connectivity index (χ2v) is 26.7. The Morgan fingerprint density at radius 1 is 0.435 bits per heavy atom. The summed E-state index contributed by atoms with van der Waals surface area (Å²) in [5, 5.41) is 0. The van der Waals surface area contributed by atoms with Crippen LogP contribution < -0.4 is 8.85 Å². The van der Waals surface area contributed by atoms with E-state index >= 15 is 0 Å². The highest BCUT2D eigenvalue weighted by molar-refractivity contribution is 9.11.